The maximum absolute atomic E-state index is 11.4. The molecule has 1 aromatic rings. The number of rotatable bonds is 4. The Hall–Kier alpha value is -2.90. The lowest BCUT2D eigenvalue weighted by atomic mass is 10.2. The quantitative estimate of drug-likeness (QED) is 0.665. The van der Waals surface area contributed by atoms with E-state index < -0.39 is 18.0 Å². The van der Waals surface area contributed by atoms with Gasteiger partial charge in [-0.1, -0.05) is 17.2 Å². The molecule has 22 heavy (non-hydrogen) atoms. The van der Waals surface area contributed by atoms with Crippen molar-refractivity contribution in [1.82, 2.24) is 5.06 Å². The number of nitrogens with one attached hydrogen (secondary N) is 1. The Bertz CT molecular complexity index is 594. The van der Waals surface area contributed by atoms with Crippen LogP contribution < -0.4 is 5.32 Å². The summed E-state index contributed by atoms with van der Waals surface area (Å²) < 4.78 is 4.81. The lowest BCUT2D eigenvalue weighted by Crippen LogP contribution is -2.32. The molecule has 1 saturated heterocycles. The second-order valence-electron chi connectivity index (χ2n) is 4.59. The summed E-state index contributed by atoms with van der Waals surface area (Å²) >= 11 is 0. The van der Waals surface area contributed by atoms with E-state index in [2.05, 4.69) is 10.2 Å². The van der Waals surface area contributed by atoms with Crippen molar-refractivity contribution >= 4 is 29.6 Å². The highest BCUT2D eigenvalue weighted by atomic mass is 16.8. The molecule has 0 atom stereocenters. The first-order valence-electron chi connectivity index (χ1n) is 6.53. The molecule has 0 radical (unpaired) electrons. The monoisotopic (exact) mass is 306 g/mol. The second-order valence-corrected chi connectivity index (χ2v) is 4.59. The van der Waals surface area contributed by atoms with Gasteiger partial charge in [0, 0.05) is 25.5 Å². The van der Waals surface area contributed by atoms with E-state index in [0.717, 1.165) is 0 Å². The Morgan fingerprint density at radius 1 is 1.14 bits per heavy atom. The molecule has 1 fully saturated rings. The number of ether oxygens (including phenoxy) is 1. The number of anilines is 1. The van der Waals surface area contributed by atoms with Gasteiger partial charge in [-0.2, -0.15) is 0 Å². The Morgan fingerprint density at radius 3 is 2.27 bits per heavy atom. The zero-order chi connectivity index (χ0) is 16.1. The van der Waals surface area contributed by atoms with Crippen molar-refractivity contribution in [1.29, 1.82) is 0 Å². The third kappa shape index (κ3) is 4.05. The Balaban J connectivity index is 1.82. The van der Waals surface area contributed by atoms with Gasteiger partial charge in [0.2, 0.25) is 5.91 Å². The van der Waals surface area contributed by atoms with E-state index in [0.29, 0.717) is 16.3 Å². The number of amides is 3. The van der Waals surface area contributed by atoms with Crippen molar-refractivity contribution in [2.45, 2.75) is 26.4 Å². The van der Waals surface area contributed by atoms with E-state index in [1.54, 1.807) is 24.3 Å². The molecular formula is C14H14N2O6. The molecule has 8 nitrogen and oxygen atoms in total. The van der Waals surface area contributed by atoms with E-state index in [1.807, 2.05) is 0 Å². The van der Waals surface area contributed by atoms with Crippen molar-refractivity contribution < 1.29 is 28.8 Å². The minimum absolute atomic E-state index is 0.0245. The maximum Gasteiger partial charge on any atom is 0.534 e. The van der Waals surface area contributed by atoms with Crippen LogP contribution in [0.2, 0.25) is 0 Å². The summed E-state index contributed by atoms with van der Waals surface area (Å²) in [5, 5.41) is 3.02. The number of benzene rings is 1. The molecule has 116 valence electrons. The Kier molecular flexibility index (Phi) is 4.72. The predicted molar refractivity (Wildman–Crippen MR) is 73.1 cm³/mol. The number of hydrogen-bond acceptors (Lipinski definition) is 6. The summed E-state index contributed by atoms with van der Waals surface area (Å²) in [4.78, 5) is 49.4. The van der Waals surface area contributed by atoms with Gasteiger partial charge in [-0.15, -0.1) is 0 Å². The molecule has 0 unspecified atom stereocenters. The highest BCUT2D eigenvalue weighted by Crippen LogP contribution is 2.14. The van der Waals surface area contributed by atoms with E-state index in [4.69, 9.17) is 4.74 Å². The Labute approximate surface area is 125 Å². The van der Waals surface area contributed by atoms with Gasteiger partial charge in [-0.3, -0.25) is 19.2 Å². The highest BCUT2D eigenvalue weighted by Gasteiger charge is 2.33. The summed E-state index contributed by atoms with van der Waals surface area (Å²) in [6.45, 7) is 1.31. The molecule has 1 aliphatic rings. The van der Waals surface area contributed by atoms with Crippen LogP contribution in [0.1, 0.15) is 25.3 Å². The fourth-order valence-electron chi connectivity index (χ4n) is 1.79. The number of imide groups is 1. The van der Waals surface area contributed by atoms with Crippen molar-refractivity contribution in [2.75, 3.05) is 5.32 Å². The Morgan fingerprint density at radius 2 is 1.73 bits per heavy atom. The number of carbonyl (C=O) groups is 4. The van der Waals surface area contributed by atoms with E-state index in [1.165, 1.54) is 6.92 Å². The maximum atomic E-state index is 11.4. The molecular weight excluding hydrogens is 292 g/mol. The van der Waals surface area contributed by atoms with E-state index in [-0.39, 0.29) is 25.4 Å². The highest BCUT2D eigenvalue weighted by molar-refractivity contribution is 6.01. The standard InChI is InChI=1S/C14H14N2O6/c1-9(17)15-11-4-2-10(3-5-11)8-21-14(20)22-16-12(18)6-7-13(16)19/h2-5H,6-8H2,1H3,(H,15,17). The molecule has 1 heterocycles. The summed E-state index contributed by atoms with van der Waals surface area (Å²) in [5.74, 6) is -1.32. The molecule has 0 aliphatic carbocycles. The molecule has 8 heteroatoms. The molecule has 2 rings (SSSR count). The van der Waals surface area contributed by atoms with Gasteiger partial charge in [-0.05, 0) is 17.7 Å². The average molecular weight is 306 g/mol. The van der Waals surface area contributed by atoms with Gasteiger partial charge in [-0.25, -0.2) is 4.79 Å². The first kappa shape index (κ1) is 15.5. The van der Waals surface area contributed by atoms with Gasteiger partial charge in [0.25, 0.3) is 11.8 Å². The van der Waals surface area contributed by atoms with Crippen LogP contribution in [0.5, 0.6) is 0 Å². The fraction of sp³-hybridized carbons (Fsp3) is 0.286. The van der Waals surface area contributed by atoms with Crippen LogP contribution in [0.3, 0.4) is 0 Å². The third-order valence-electron chi connectivity index (χ3n) is 2.80. The molecule has 1 aromatic carbocycles. The van der Waals surface area contributed by atoms with Crippen molar-refractivity contribution in [3.8, 4) is 0 Å². The SMILES string of the molecule is CC(=O)Nc1ccc(COC(=O)ON2C(=O)CCC2=O)cc1. The predicted octanol–water partition coefficient (Wildman–Crippen LogP) is 1.36. The number of hydrogen-bond donors (Lipinski definition) is 1. The van der Waals surface area contributed by atoms with Crippen molar-refractivity contribution in [3.63, 3.8) is 0 Å². The van der Waals surface area contributed by atoms with Crippen LogP contribution in [0.25, 0.3) is 0 Å². The molecule has 0 saturated carbocycles. The van der Waals surface area contributed by atoms with Crippen LogP contribution >= 0.6 is 0 Å². The first-order valence-corrected chi connectivity index (χ1v) is 6.53. The lowest BCUT2D eigenvalue weighted by molar-refractivity contribution is -0.177. The molecule has 1 N–H and O–H groups in total. The molecule has 0 spiro atoms. The van der Waals surface area contributed by atoms with Gasteiger partial charge in [0.05, 0.1) is 0 Å². The van der Waals surface area contributed by atoms with E-state index >= 15 is 0 Å². The molecule has 0 bridgehead atoms. The summed E-state index contributed by atoms with van der Waals surface area (Å²) in [6.07, 6.45) is -1.08. The van der Waals surface area contributed by atoms with Crippen molar-refractivity contribution in [3.05, 3.63) is 29.8 Å². The average Bonchev–Trinajstić information content (AvgIpc) is 2.78. The molecule has 3 amide bonds. The number of nitrogens with zero attached hydrogens (tertiary/aromatic N) is 1. The van der Waals surface area contributed by atoms with Crippen LogP contribution in [0.4, 0.5) is 10.5 Å². The van der Waals surface area contributed by atoms with E-state index in [9.17, 15) is 19.2 Å². The minimum Gasteiger partial charge on any atom is -0.428 e. The summed E-state index contributed by atoms with van der Waals surface area (Å²) in [7, 11) is 0. The smallest absolute Gasteiger partial charge is 0.428 e. The second kappa shape index (κ2) is 6.70. The largest absolute Gasteiger partial charge is 0.534 e. The van der Waals surface area contributed by atoms with Crippen molar-refractivity contribution in [2.24, 2.45) is 0 Å². The topological polar surface area (TPSA) is 102 Å². The summed E-state index contributed by atoms with van der Waals surface area (Å²) in [6, 6.07) is 6.62. The van der Waals surface area contributed by atoms with Crippen LogP contribution in [0, 0.1) is 0 Å². The van der Waals surface area contributed by atoms with Gasteiger partial charge >= 0.3 is 6.16 Å². The van der Waals surface area contributed by atoms with Crippen LogP contribution in [-0.4, -0.2) is 28.9 Å². The third-order valence-corrected chi connectivity index (χ3v) is 2.80. The van der Waals surface area contributed by atoms with Gasteiger partial charge in [0.15, 0.2) is 0 Å². The summed E-state index contributed by atoms with van der Waals surface area (Å²) in [5.41, 5.74) is 1.28. The lowest BCUT2D eigenvalue weighted by Gasteiger charge is -2.12. The molecule has 1 aliphatic heterocycles. The van der Waals surface area contributed by atoms with Crippen LogP contribution in [-0.2, 0) is 30.6 Å². The van der Waals surface area contributed by atoms with Gasteiger partial charge in [0.1, 0.15) is 6.61 Å². The minimum atomic E-state index is -1.13. The fourth-order valence-corrected chi connectivity index (χ4v) is 1.79. The number of carbonyl (C=O) groups excluding carboxylic acids is 4. The number of hydroxylamine groups is 2. The first-order chi connectivity index (χ1) is 10.5. The zero-order valence-corrected chi connectivity index (χ0v) is 11.8. The van der Waals surface area contributed by atoms with Crippen LogP contribution in [0.15, 0.2) is 24.3 Å². The van der Waals surface area contributed by atoms with Gasteiger partial charge < -0.3 is 10.1 Å². The molecule has 0 aromatic heterocycles. The normalized spacial score (nSPS) is 14.0. The zero-order valence-electron chi connectivity index (χ0n) is 11.8.